The molecule has 0 radical (unpaired) electrons. The van der Waals surface area contributed by atoms with Gasteiger partial charge in [-0.05, 0) is 12.1 Å². The number of fused-ring (bicyclic) bond motifs is 1. The monoisotopic (exact) mass is 271 g/mol. The first-order valence-electron chi connectivity index (χ1n) is 5.19. The molecule has 1 aromatic carbocycles. The number of hydrogen-bond acceptors (Lipinski definition) is 4. The number of aromatic nitrogens is 2. The van der Waals surface area contributed by atoms with Gasteiger partial charge in [0.2, 0.25) is 0 Å². The number of rotatable bonds is 1. The maximum absolute atomic E-state index is 8.76. The molecule has 0 fully saturated rings. The second-order valence-corrected chi connectivity index (χ2v) is 5.10. The third-order valence-corrected chi connectivity index (χ3v) is 3.76. The van der Waals surface area contributed by atoms with Crippen LogP contribution in [0.4, 0.5) is 0 Å². The number of nitrogens with zero attached hydrogens (tertiary/aromatic N) is 3. The summed E-state index contributed by atoms with van der Waals surface area (Å²) in [5, 5.41) is 10.1. The molecule has 18 heavy (non-hydrogen) atoms. The Balaban J connectivity index is 2.10. The number of nitriles is 1. The predicted molar refractivity (Wildman–Crippen MR) is 72.6 cm³/mol. The summed E-state index contributed by atoms with van der Waals surface area (Å²) in [6, 6.07) is 11.2. The zero-order chi connectivity index (χ0) is 12.5. The molecule has 0 aliphatic rings. The highest BCUT2D eigenvalue weighted by Crippen LogP contribution is 2.30. The van der Waals surface area contributed by atoms with Crippen LogP contribution in [0.1, 0.15) is 5.56 Å². The Kier molecular flexibility index (Phi) is 2.71. The van der Waals surface area contributed by atoms with E-state index in [1.807, 2.05) is 12.1 Å². The average molecular weight is 272 g/mol. The average Bonchev–Trinajstić information content (AvgIpc) is 2.81. The fraction of sp³-hybridized carbons (Fsp3) is 0. The molecule has 3 nitrogen and oxygen atoms in total. The summed E-state index contributed by atoms with van der Waals surface area (Å²) in [6.45, 7) is 0. The van der Waals surface area contributed by atoms with Crippen LogP contribution in [0.5, 0.6) is 0 Å². The lowest BCUT2D eigenvalue weighted by atomic mass is 10.1. The van der Waals surface area contributed by atoms with Crippen LogP contribution in [0.15, 0.2) is 36.5 Å². The van der Waals surface area contributed by atoms with Gasteiger partial charge in [-0.25, -0.2) is 9.97 Å². The maximum Gasteiger partial charge on any atom is 0.131 e. The van der Waals surface area contributed by atoms with E-state index in [0.717, 1.165) is 20.8 Å². The number of thiazole rings is 1. The van der Waals surface area contributed by atoms with Gasteiger partial charge in [0.1, 0.15) is 10.2 Å². The van der Waals surface area contributed by atoms with Crippen molar-refractivity contribution >= 4 is 33.2 Å². The van der Waals surface area contributed by atoms with Gasteiger partial charge in [-0.1, -0.05) is 23.7 Å². The Morgan fingerprint density at radius 2 is 2.00 bits per heavy atom. The fourth-order valence-electron chi connectivity index (χ4n) is 1.62. The Labute approximate surface area is 112 Å². The highest BCUT2D eigenvalue weighted by Gasteiger charge is 2.07. The molecule has 0 saturated carbocycles. The third-order valence-electron chi connectivity index (χ3n) is 2.50. The van der Waals surface area contributed by atoms with Crippen molar-refractivity contribution in [1.29, 1.82) is 5.26 Å². The second-order valence-electron chi connectivity index (χ2n) is 3.68. The smallest absolute Gasteiger partial charge is 0.131 e. The molecule has 0 spiro atoms. The Bertz CT molecular complexity index is 756. The van der Waals surface area contributed by atoms with E-state index in [0.29, 0.717) is 10.7 Å². The molecule has 0 aliphatic heterocycles. The molecule has 0 atom stereocenters. The van der Waals surface area contributed by atoms with Crippen molar-refractivity contribution in [1.82, 2.24) is 9.97 Å². The molecule has 5 heteroatoms. The summed E-state index contributed by atoms with van der Waals surface area (Å²) in [4.78, 5) is 8.54. The highest BCUT2D eigenvalue weighted by molar-refractivity contribution is 7.21. The van der Waals surface area contributed by atoms with Gasteiger partial charge in [-0.2, -0.15) is 5.26 Å². The van der Waals surface area contributed by atoms with E-state index in [1.165, 1.54) is 0 Å². The van der Waals surface area contributed by atoms with Gasteiger partial charge in [0, 0.05) is 17.8 Å². The van der Waals surface area contributed by atoms with Crippen LogP contribution in [0.25, 0.3) is 20.8 Å². The summed E-state index contributed by atoms with van der Waals surface area (Å²) in [5.74, 6) is 0. The minimum atomic E-state index is 0.444. The van der Waals surface area contributed by atoms with Crippen molar-refractivity contribution in [2.45, 2.75) is 0 Å². The van der Waals surface area contributed by atoms with Gasteiger partial charge in [-0.15, -0.1) is 11.3 Å². The van der Waals surface area contributed by atoms with E-state index in [-0.39, 0.29) is 0 Å². The highest BCUT2D eigenvalue weighted by atomic mass is 35.5. The van der Waals surface area contributed by atoms with Gasteiger partial charge in [0.05, 0.1) is 21.8 Å². The van der Waals surface area contributed by atoms with Crippen molar-refractivity contribution in [3.05, 3.63) is 47.2 Å². The molecule has 86 valence electrons. The van der Waals surface area contributed by atoms with Crippen LogP contribution < -0.4 is 0 Å². The van der Waals surface area contributed by atoms with E-state index < -0.39 is 0 Å². The van der Waals surface area contributed by atoms with E-state index in [4.69, 9.17) is 16.9 Å². The maximum atomic E-state index is 8.76. The summed E-state index contributed by atoms with van der Waals surface area (Å²) in [5.41, 5.74) is 2.48. The summed E-state index contributed by atoms with van der Waals surface area (Å²) < 4.78 is 0.999. The molecular formula is C13H6ClN3S. The lowest BCUT2D eigenvalue weighted by Crippen LogP contribution is -1.77. The van der Waals surface area contributed by atoms with E-state index in [9.17, 15) is 0 Å². The quantitative estimate of drug-likeness (QED) is 0.631. The molecule has 2 heterocycles. The predicted octanol–water partition coefficient (Wildman–Crippen LogP) is 3.88. The Morgan fingerprint density at radius 3 is 2.72 bits per heavy atom. The van der Waals surface area contributed by atoms with Crippen LogP contribution in [-0.2, 0) is 0 Å². The van der Waals surface area contributed by atoms with E-state index >= 15 is 0 Å². The first-order chi connectivity index (χ1) is 8.76. The second kappa shape index (κ2) is 4.37. The number of pyridine rings is 1. The number of hydrogen-bond donors (Lipinski definition) is 0. The zero-order valence-corrected chi connectivity index (χ0v) is 10.7. The van der Waals surface area contributed by atoms with Crippen LogP contribution in [0.2, 0.25) is 5.15 Å². The number of halogens is 1. The molecule has 0 N–H and O–H groups in total. The van der Waals surface area contributed by atoms with E-state index in [1.54, 1.807) is 35.7 Å². The lowest BCUT2D eigenvalue weighted by Gasteiger charge is -1.94. The van der Waals surface area contributed by atoms with Crippen LogP contribution in [0, 0.1) is 11.3 Å². The third kappa shape index (κ3) is 1.94. The van der Waals surface area contributed by atoms with Crippen molar-refractivity contribution in [2.75, 3.05) is 0 Å². The minimum Gasteiger partial charge on any atom is -0.243 e. The first kappa shape index (κ1) is 11.1. The normalized spacial score (nSPS) is 10.4. The van der Waals surface area contributed by atoms with Crippen molar-refractivity contribution in [2.24, 2.45) is 0 Å². The van der Waals surface area contributed by atoms with Gasteiger partial charge in [-0.3, -0.25) is 0 Å². The largest absolute Gasteiger partial charge is 0.243 e. The number of benzene rings is 1. The minimum absolute atomic E-state index is 0.444. The first-order valence-corrected chi connectivity index (χ1v) is 6.38. The molecule has 3 rings (SSSR count). The molecule has 0 unspecified atom stereocenters. The Hall–Kier alpha value is -1.96. The van der Waals surface area contributed by atoms with Crippen LogP contribution >= 0.6 is 22.9 Å². The SMILES string of the molecule is N#Cc1ccc(-c2nc3cc(Cl)ncc3s2)cc1. The van der Waals surface area contributed by atoms with Gasteiger partial charge >= 0.3 is 0 Å². The van der Waals surface area contributed by atoms with Crippen molar-refractivity contribution < 1.29 is 0 Å². The molecule has 0 aliphatic carbocycles. The molecular weight excluding hydrogens is 266 g/mol. The summed E-state index contributed by atoms with van der Waals surface area (Å²) in [7, 11) is 0. The lowest BCUT2D eigenvalue weighted by molar-refractivity contribution is 1.35. The van der Waals surface area contributed by atoms with Gasteiger partial charge in [0.25, 0.3) is 0 Å². The topological polar surface area (TPSA) is 49.6 Å². The van der Waals surface area contributed by atoms with Crippen LogP contribution in [-0.4, -0.2) is 9.97 Å². The van der Waals surface area contributed by atoms with Crippen molar-refractivity contribution in [3.63, 3.8) is 0 Å². The summed E-state index contributed by atoms with van der Waals surface area (Å²) >= 11 is 7.39. The molecule has 0 bridgehead atoms. The molecule has 0 saturated heterocycles. The molecule has 2 aromatic heterocycles. The fourth-order valence-corrected chi connectivity index (χ4v) is 2.69. The Morgan fingerprint density at radius 1 is 1.22 bits per heavy atom. The zero-order valence-electron chi connectivity index (χ0n) is 9.09. The standard InChI is InChI=1S/C13H6ClN3S/c14-12-5-10-11(7-16-12)18-13(17-10)9-3-1-8(6-15)2-4-9/h1-5,7H. The van der Waals surface area contributed by atoms with Crippen LogP contribution in [0.3, 0.4) is 0 Å². The van der Waals surface area contributed by atoms with E-state index in [2.05, 4.69) is 16.0 Å². The summed E-state index contributed by atoms with van der Waals surface area (Å²) in [6.07, 6.45) is 1.72. The van der Waals surface area contributed by atoms with Gasteiger partial charge < -0.3 is 0 Å². The van der Waals surface area contributed by atoms with Crippen molar-refractivity contribution in [3.8, 4) is 16.6 Å². The molecule has 0 amide bonds. The van der Waals surface area contributed by atoms with Gasteiger partial charge in [0.15, 0.2) is 0 Å². The molecule has 3 aromatic rings.